The van der Waals surface area contributed by atoms with Crippen LogP contribution in [0.1, 0.15) is 0 Å². The van der Waals surface area contributed by atoms with Crippen molar-refractivity contribution < 1.29 is 35.4 Å². The van der Waals surface area contributed by atoms with E-state index in [-0.39, 0.29) is 0 Å². The first kappa shape index (κ1) is 20.5. The van der Waals surface area contributed by atoms with Crippen LogP contribution < -0.4 is 5.84 Å². The summed E-state index contributed by atoms with van der Waals surface area (Å²) >= 11 is 0. The molecule has 13 heteroatoms. The molecule has 2 atom stereocenters. The van der Waals surface area contributed by atoms with Gasteiger partial charge in [0.2, 0.25) is 0 Å². The summed E-state index contributed by atoms with van der Waals surface area (Å²) in [5.74, 6) is 4.14. The zero-order valence-corrected chi connectivity index (χ0v) is 11.9. The second kappa shape index (κ2) is 9.11. The van der Waals surface area contributed by atoms with Gasteiger partial charge in [-0.3, -0.25) is 8.37 Å². The van der Waals surface area contributed by atoms with E-state index in [2.05, 4.69) is 19.4 Å². The highest BCUT2D eigenvalue weighted by atomic mass is 32.2. The van der Waals surface area contributed by atoms with E-state index in [0.29, 0.717) is 0 Å². The van der Waals surface area contributed by atoms with E-state index in [0.717, 1.165) is 12.5 Å². The molecule has 2 unspecified atom stereocenters. The maximum Gasteiger partial charge on any atom is 0.264 e. The average Bonchev–Trinajstić information content (AvgIpc) is 2.21. The van der Waals surface area contributed by atoms with E-state index < -0.39 is 45.7 Å². The quantitative estimate of drug-likeness (QED) is 0.170. The Kier molecular flexibility index (Phi) is 9.81. The highest BCUT2D eigenvalue weighted by Crippen LogP contribution is 2.00. The Morgan fingerprint density at radius 3 is 1.42 bits per heavy atom. The molecule has 0 aromatic heterocycles. The van der Waals surface area contributed by atoms with E-state index in [9.17, 15) is 16.8 Å². The molecule has 0 aliphatic carbocycles. The Morgan fingerprint density at radius 2 is 1.26 bits per heavy atom. The third kappa shape index (κ3) is 17.1. The van der Waals surface area contributed by atoms with E-state index >= 15 is 0 Å². The summed E-state index contributed by atoms with van der Waals surface area (Å²) in [5, 5.41) is 20.6. The Balaban J connectivity index is 0. The molecule has 0 radical (unpaired) electrons. The molecule has 0 heterocycles. The van der Waals surface area contributed by atoms with Gasteiger partial charge in [-0.1, -0.05) is 5.22 Å². The molecule has 11 nitrogen and oxygen atoms in total. The first-order valence-corrected chi connectivity index (χ1v) is 8.17. The van der Waals surface area contributed by atoms with Crippen LogP contribution in [0.25, 0.3) is 0 Å². The standard InChI is InChI=1S/C6H14O8S2.H3N3/c1-15(9,10)13-3-5(7)6(8)4-14-16(2,11)12;1-3-2/h5-8H,3-4H2,1-2H3;(H3,1,2). The summed E-state index contributed by atoms with van der Waals surface area (Å²) < 4.78 is 50.5. The maximum absolute atomic E-state index is 10.5. The number of aliphatic hydroxyl groups is 2. The molecule has 19 heavy (non-hydrogen) atoms. The molecule has 0 spiro atoms. The number of aliphatic hydroxyl groups excluding tert-OH is 2. The van der Waals surface area contributed by atoms with Crippen molar-refractivity contribution in [3.8, 4) is 0 Å². The number of nitrogens with zero attached hydrogens (tertiary/aromatic N) is 1. The van der Waals surface area contributed by atoms with Crippen molar-refractivity contribution in [2.45, 2.75) is 12.2 Å². The molecular weight excluding hydrogens is 306 g/mol. The lowest BCUT2D eigenvalue weighted by Gasteiger charge is -2.16. The van der Waals surface area contributed by atoms with Gasteiger partial charge in [-0.2, -0.15) is 22.4 Å². The minimum atomic E-state index is -3.73. The molecule has 0 aliphatic rings. The molecule has 0 rings (SSSR count). The number of hydrogen-bond donors (Lipinski definition) is 4. The third-order valence-corrected chi connectivity index (χ3v) is 2.48. The molecule has 0 aromatic rings. The molecule has 0 aromatic carbocycles. The average molecular weight is 323 g/mol. The smallest absolute Gasteiger partial charge is 0.264 e. The van der Waals surface area contributed by atoms with Gasteiger partial charge in [-0.25, -0.2) is 0 Å². The molecule has 0 aliphatic heterocycles. The Labute approximate surface area is 111 Å². The first-order chi connectivity index (χ1) is 8.43. The molecular formula is C6H17N3O8S2. The number of nitrogens with two attached hydrogens (primary N) is 1. The van der Waals surface area contributed by atoms with Gasteiger partial charge in [-0.15, -0.1) is 0 Å². The molecule has 0 saturated carbocycles. The summed E-state index contributed by atoms with van der Waals surface area (Å²) in [6.45, 7) is -1.35. The summed E-state index contributed by atoms with van der Waals surface area (Å²) in [6, 6.07) is 0. The molecule has 5 N–H and O–H groups in total. The van der Waals surface area contributed by atoms with E-state index in [1.807, 2.05) is 0 Å². The lowest BCUT2D eigenvalue weighted by atomic mass is 10.2. The Bertz CT molecular complexity index is 407. The third-order valence-electron chi connectivity index (χ3n) is 1.35. The topological polar surface area (TPSA) is 189 Å². The summed E-state index contributed by atoms with van der Waals surface area (Å²) in [6.07, 6.45) is -1.56. The maximum atomic E-state index is 10.5. The van der Waals surface area contributed by atoms with Crippen molar-refractivity contribution >= 4 is 20.2 Å². The first-order valence-electron chi connectivity index (χ1n) is 4.54. The lowest BCUT2D eigenvalue weighted by molar-refractivity contribution is -0.0264. The second-order valence-electron chi connectivity index (χ2n) is 3.24. The molecule has 0 saturated heterocycles. The van der Waals surface area contributed by atoms with E-state index in [4.69, 9.17) is 15.7 Å². The van der Waals surface area contributed by atoms with Crippen molar-refractivity contribution in [2.24, 2.45) is 11.1 Å². The Hall–Kier alpha value is -0.860. The van der Waals surface area contributed by atoms with Crippen molar-refractivity contribution in [1.82, 2.24) is 0 Å². The number of hydrogen-bond acceptors (Lipinski definition) is 10. The molecule has 0 fully saturated rings. The minimum Gasteiger partial charge on any atom is -0.388 e. The fraction of sp³-hybridized carbons (Fsp3) is 1.00. The van der Waals surface area contributed by atoms with Crippen LogP contribution >= 0.6 is 0 Å². The van der Waals surface area contributed by atoms with Gasteiger partial charge in [-0.05, 0) is 0 Å². The summed E-state index contributed by atoms with van der Waals surface area (Å²) in [5.41, 5.74) is 5.61. The predicted molar refractivity (Wildman–Crippen MR) is 62.9 cm³/mol. The molecule has 0 amide bonds. The van der Waals surface area contributed by atoms with Crippen LogP contribution in [-0.4, -0.2) is 65.0 Å². The summed E-state index contributed by atoms with van der Waals surface area (Å²) in [4.78, 5) is 0. The molecule has 116 valence electrons. The number of rotatable bonds is 7. The SMILES string of the molecule is CS(=O)(=O)OCC(O)C(O)COS(C)(=O)=O.N=NN. The van der Waals surface area contributed by atoms with Gasteiger partial charge in [0, 0.05) is 0 Å². The Morgan fingerprint density at radius 1 is 1.05 bits per heavy atom. The van der Waals surface area contributed by atoms with Crippen LogP contribution in [0.15, 0.2) is 5.22 Å². The zero-order chi connectivity index (χ0) is 15.7. The summed E-state index contributed by atoms with van der Waals surface area (Å²) in [7, 11) is -7.45. The van der Waals surface area contributed by atoms with E-state index in [1.54, 1.807) is 0 Å². The van der Waals surface area contributed by atoms with Crippen molar-refractivity contribution in [2.75, 3.05) is 25.7 Å². The van der Waals surface area contributed by atoms with Crippen LogP contribution in [0.2, 0.25) is 0 Å². The lowest BCUT2D eigenvalue weighted by Crippen LogP contribution is -2.35. The minimum absolute atomic E-state index is 0.673. The predicted octanol–water partition coefficient (Wildman–Crippen LogP) is -2.45. The molecule has 0 bridgehead atoms. The van der Waals surface area contributed by atoms with Gasteiger partial charge >= 0.3 is 0 Å². The fourth-order valence-corrected chi connectivity index (χ4v) is 1.38. The van der Waals surface area contributed by atoms with Crippen molar-refractivity contribution in [3.63, 3.8) is 0 Å². The van der Waals surface area contributed by atoms with Gasteiger partial charge in [0.25, 0.3) is 20.2 Å². The van der Waals surface area contributed by atoms with Gasteiger partial charge in [0.05, 0.1) is 25.7 Å². The van der Waals surface area contributed by atoms with Gasteiger partial charge in [0.1, 0.15) is 12.2 Å². The van der Waals surface area contributed by atoms with Crippen molar-refractivity contribution in [1.29, 1.82) is 5.53 Å². The van der Waals surface area contributed by atoms with Crippen LogP contribution in [-0.2, 0) is 28.6 Å². The number of nitrogens with one attached hydrogen (secondary N) is 1. The highest BCUT2D eigenvalue weighted by Gasteiger charge is 2.20. The van der Waals surface area contributed by atoms with Crippen molar-refractivity contribution in [3.05, 3.63) is 0 Å². The monoisotopic (exact) mass is 323 g/mol. The van der Waals surface area contributed by atoms with E-state index in [1.165, 1.54) is 0 Å². The van der Waals surface area contributed by atoms with Gasteiger partial charge < -0.3 is 16.1 Å². The normalized spacial score (nSPS) is 14.9. The van der Waals surface area contributed by atoms with Gasteiger partial charge in [0.15, 0.2) is 0 Å². The highest BCUT2D eigenvalue weighted by molar-refractivity contribution is 7.86. The second-order valence-corrected chi connectivity index (χ2v) is 6.53. The van der Waals surface area contributed by atoms with Crippen LogP contribution in [0, 0.1) is 5.53 Å². The largest absolute Gasteiger partial charge is 0.388 e. The zero-order valence-electron chi connectivity index (χ0n) is 10.3. The van der Waals surface area contributed by atoms with Crippen LogP contribution in [0.4, 0.5) is 0 Å². The van der Waals surface area contributed by atoms with Crippen LogP contribution in [0.3, 0.4) is 0 Å². The van der Waals surface area contributed by atoms with Crippen LogP contribution in [0.5, 0.6) is 0 Å². The fourth-order valence-electron chi connectivity index (χ4n) is 0.609.